The molecule has 2 heterocycles. The molecule has 0 saturated carbocycles. The summed E-state index contributed by atoms with van der Waals surface area (Å²) >= 11 is 2.89. The van der Waals surface area contributed by atoms with E-state index in [0.29, 0.717) is 16.3 Å². The number of rotatable bonds is 4. The van der Waals surface area contributed by atoms with Crippen LogP contribution in [0, 0.1) is 6.92 Å². The van der Waals surface area contributed by atoms with Crippen LogP contribution >= 0.6 is 22.7 Å². The van der Waals surface area contributed by atoms with Gasteiger partial charge in [-0.2, -0.15) is 11.3 Å². The third kappa shape index (κ3) is 3.55. The lowest BCUT2D eigenvalue weighted by Crippen LogP contribution is -2.12. The summed E-state index contributed by atoms with van der Waals surface area (Å²) in [5, 5.41) is 7.48. The number of carbonyl (C=O) groups is 1. The number of nitrogens with one attached hydrogen (secondary N) is 1. The molecule has 0 aliphatic rings. The molecule has 124 valence electrons. The van der Waals surface area contributed by atoms with Gasteiger partial charge in [0.1, 0.15) is 9.88 Å². The number of benzene rings is 1. The maximum Gasteiger partial charge on any atom is 0.267 e. The number of aryl methyl sites for hydroxylation is 1. The molecule has 0 aliphatic heterocycles. The summed E-state index contributed by atoms with van der Waals surface area (Å²) < 4.78 is 23.2. The standard InChI is InChI=1S/C16H14N2O3S3/c1-10-14(23-16(17-10)11-6-7-22-9-11)15(19)18-12-4-3-5-13(8-12)24(2,20)21/h3-9H,1-2H3,(H,18,19). The van der Waals surface area contributed by atoms with Crippen molar-refractivity contribution in [2.24, 2.45) is 0 Å². The van der Waals surface area contributed by atoms with Gasteiger partial charge in [-0.25, -0.2) is 13.4 Å². The summed E-state index contributed by atoms with van der Waals surface area (Å²) in [4.78, 5) is 17.6. The first-order chi connectivity index (χ1) is 11.3. The van der Waals surface area contributed by atoms with Gasteiger partial charge in [-0.15, -0.1) is 11.3 Å². The smallest absolute Gasteiger partial charge is 0.267 e. The number of thiazole rings is 1. The molecule has 24 heavy (non-hydrogen) atoms. The molecule has 8 heteroatoms. The fourth-order valence-electron chi connectivity index (χ4n) is 2.11. The van der Waals surface area contributed by atoms with Crippen molar-refractivity contribution in [3.8, 4) is 10.6 Å². The molecule has 0 atom stereocenters. The van der Waals surface area contributed by atoms with Crippen LogP contribution in [0.2, 0.25) is 0 Å². The zero-order chi connectivity index (χ0) is 17.3. The van der Waals surface area contributed by atoms with Gasteiger partial charge < -0.3 is 5.32 Å². The van der Waals surface area contributed by atoms with Crippen LogP contribution in [0.4, 0.5) is 5.69 Å². The van der Waals surface area contributed by atoms with E-state index in [0.717, 1.165) is 16.8 Å². The molecular weight excluding hydrogens is 364 g/mol. The molecule has 3 aromatic rings. The molecular formula is C16H14N2O3S3. The first-order valence-corrected chi connectivity index (χ1v) is 10.6. The number of thiophene rings is 1. The molecule has 0 saturated heterocycles. The second kappa shape index (κ2) is 6.46. The van der Waals surface area contributed by atoms with E-state index in [4.69, 9.17) is 0 Å². The minimum absolute atomic E-state index is 0.167. The van der Waals surface area contributed by atoms with Crippen LogP contribution in [0.1, 0.15) is 15.4 Å². The minimum atomic E-state index is -3.32. The maximum absolute atomic E-state index is 12.5. The second-order valence-corrected chi connectivity index (χ2v) is 8.99. The van der Waals surface area contributed by atoms with Crippen molar-refractivity contribution >= 4 is 44.1 Å². The predicted molar refractivity (Wildman–Crippen MR) is 97.7 cm³/mol. The van der Waals surface area contributed by atoms with Crippen molar-refractivity contribution in [3.63, 3.8) is 0 Å². The Bertz CT molecular complexity index is 990. The first-order valence-electron chi connectivity index (χ1n) is 6.96. The van der Waals surface area contributed by atoms with E-state index in [-0.39, 0.29) is 10.8 Å². The fraction of sp³-hybridized carbons (Fsp3) is 0.125. The lowest BCUT2D eigenvalue weighted by Gasteiger charge is -2.06. The van der Waals surface area contributed by atoms with Crippen LogP contribution in [0.5, 0.6) is 0 Å². The van der Waals surface area contributed by atoms with E-state index in [1.807, 2.05) is 16.8 Å². The Morgan fingerprint density at radius 1 is 1.25 bits per heavy atom. The Hall–Kier alpha value is -2.03. The molecule has 3 rings (SSSR count). The SMILES string of the molecule is Cc1nc(-c2ccsc2)sc1C(=O)Nc1cccc(S(C)(=O)=O)c1. The van der Waals surface area contributed by atoms with Crippen LogP contribution < -0.4 is 5.32 Å². The summed E-state index contributed by atoms with van der Waals surface area (Å²) in [7, 11) is -3.32. The molecule has 0 aliphatic carbocycles. The van der Waals surface area contributed by atoms with E-state index < -0.39 is 9.84 Å². The number of amides is 1. The largest absolute Gasteiger partial charge is 0.321 e. The van der Waals surface area contributed by atoms with Gasteiger partial charge >= 0.3 is 0 Å². The third-order valence-electron chi connectivity index (χ3n) is 3.29. The van der Waals surface area contributed by atoms with Gasteiger partial charge in [-0.05, 0) is 36.6 Å². The second-order valence-electron chi connectivity index (χ2n) is 5.20. The molecule has 1 N–H and O–H groups in total. The molecule has 0 spiro atoms. The summed E-state index contributed by atoms with van der Waals surface area (Å²) in [6.07, 6.45) is 1.13. The highest BCUT2D eigenvalue weighted by molar-refractivity contribution is 7.90. The highest BCUT2D eigenvalue weighted by Crippen LogP contribution is 2.30. The zero-order valence-corrected chi connectivity index (χ0v) is 15.4. The average molecular weight is 379 g/mol. The van der Waals surface area contributed by atoms with Crippen LogP contribution in [-0.4, -0.2) is 25.6 Å². The molecule has 2 aromatic heterocycles. The number of hydrogen-bond donors (Lipinski definition) is 1. The highest BCUT2D eigenvalue weighted by atomic mass is 32.2. The highest BCUT2D eigenvalue weighted by Gasteiger charge is 2.17. The Kier molecular flexibility index (Phi) is 4.53. The lowest BCUT2D eigenvalue weighted by molar-refractivity contribution is 0.103. The van der Waals surface area contributed by atoms with Gasteiger partial charge in [0, 0.05) is 22.9 Å². The van der Waals surface area contributed by atoms with Gasteiger partial charge in [0.05, 0.1) is 10.6 Å². The quantitative estimate of drug-likeness (QED) is 0.748. The number of anilines is 1. The number of aromatic nitrogens is 1. The lowest BCUT2D eigenvalue weighted by atomic mass is 10.3. The Morgan fingerprint density at radius 2 is 2.04 bits per heavy atom. The average Bonchev–Trinajstić information content (AvgIpc) is 3.15. The van der Waals surface area contributed by atoms with Gasteiger partial charge in [0.15, 0.2) is 9.84 Å². The van der Waals surface area contributed by atoms with Crippen molar-refractivity contribution in [2.75, 3.05) is 11.6 Å². The van der Waals surface area contributed by atoms with Crippen LogP contribution in [0.3, 0.4) is 0 Å². The predicted octanol–water partition coefficient (Wildman–Crippen LogP) is 3.84. The monoisotopic (exact) mass is 378 g/mol. The van der Waals surface area contributed by atoms with Crippen molar-refractivity contribution < 1.29 is 13.2 Å². The normalized spacial score (nSPS) is 11.4. The Morgan fingerprint density at radius 3 is 2.71 bits per heavy atom. The van der Waals surface area contributed by atoms with E-state index in [9.17, 15) is 13.2 Å². The molecule has 0 bridgehead atoms. The molecule has 1 aromatic carbocycles. The number of sulfone groups is 1. The van der Waals surface area contributed by atoms with Crippen LogP contribution in [0.15, 0.2) is 46.0 Å². The molecule has 1 amide bonds. The Labute approximate surface area is 147 Å². The maximum atomic E-state index is 12.5. The van der Waals surface area contributed by atoms with Gasteiger partial charge in [0.25, 0.3) is 5.91 Å². The third-order valence-corrected chi connectivity index (χ3v) is 6.29. The molecule has 0 radical (unpaired) electrons. The molecule has 5 nitrogen and oxygen atoms in total. The topological polar surface area (TPSA) is 76.1 Å². The number of carbonyl (C=O) groups excluding carboxylic acids is 1. The molecule has 0 unspecified atom stereocenters. The van der Waals surface area contributed by atoms with Crippen LogP contribution in [0.25, 0.3) is 10.6 Å². The Balaban J connectivity index is 1.86. The van der Waals surface area contributed by atoms with Crippen molar-refractivity contribution in [3.05, 3.63) is 51.7 Å². The summed E-state index contributed by atoms with van der Waals surface area (Å²) in [5.41, 5.74) is 2.08. The number of nitrogens with zero attached hydrogens (tertiary/aromatic N) is 1. The summed E-state index contributed by atoms with van der Waals surface area (Å²) in [5.74, 6) is -0.294. The van der Waals surface area contributed by atoms with Gasteiger partial charge in [0.2, 0.25) is 0 Å². The van der Waals surface area contributed by atoms with Gasteiger partial charge in [-0.1, -0.05) is 6.07 Å². The summed E-state index contributed by atoms with van der Waals surface area (Å²) in [6, 6.07) is 8.16. The zero-order valence-electron chi connectivity index (χ0n) is 12.9. The molecule has 0 fully saturated rings. The van der Waals surface area contributed by atoms with E-state index >= 15 is 0 Å². The van der Waals surface area contributed by atoms with Crippen molar-refractivity contribution in [2.45, 2.75) is 11.8 Å². The van der Waals surface area contributed by atoms with Crippen LogP contribution in [-0.2, 0) is 9.84 Å². The van der Waals surface area contributed by atoms with Crippen molar-refractivity contribution in [1.82, 2.24) is 4.98 Å². The minimum Gasteiger partial charge on any atom is -0.321 e. The van der Waals surface area contributed by atoms with E-state index in [2.05, 4.69) is 10.3 Å². The summed E-state index contributed by atoms with van der Waals surface area (Å²) in [6.45, 7) is 1.79. The van der Waals surface area contributed by atoms with E-state index in [1.54, 1.807) is 30.4 Å². The van der Waals surface area contributed by atoms with Crippen molar-refractivity contribution in [1.29, 1.82) is 0 Å². The number of hydrogen-bond acceptors (Lipinski definition) is 6. The first kappa shape index (κ1) is 16.8. The van der Waals surface area contributed by atoms with E-state index in [1.165, 1.54) is 23.5 Å². The fourth-order valence-corrected chi connectivity index (χ4v) is 4.45. The van der Waals surface area contributed by atoms with Gasteiger partial charge in [-0.3, -0.25) is 4.79 Å².